The van der Waals surface area contributed by atoms with Crippen LogP contribution in [-0.2, 0) is 17.5 Å². The van der Waals surface area contributed by atoms with Gasteiger partial charge in [0, 0.05) is 48.5 Å². The molecule has 3 heterocycles. The van der Waals surface area contributed by atoms with Crippen LogP contribution >= 0.6 is 15.9 Å². The minimum atomic E-state index is -4.52. The van der Waals surface area contributed by atoms with Crippen molar-refractivity contribution in [2.75, 3.05) is 33.3 Å². The van der Waals surface area contributed by atoms with Crippen molar-refractivity contribution >= 4 is 32.8 Å². The number of methoxy groups -OCH3 is 1. The molecule has 3 aromatic rings. The molecule has 2 aliphatic rings. The molecule has 2 aromatic carbocycles. The molecule has 0 aliphatic carbocycles. The Balaban J connectivity index is 1.80. The lowest BCUT2D eigenvalue weighted by atomic mass is 9.90. The van der Waals surface area contributed by atoms with Gasteiger partial charge in [-0.3, -0.25) is 0 Å². The maximum absolute atomic E-state index is 13.9. The van der Waals surface area contributed by atoms with Gasteiger partial charge in [0.2, 0.25) is 0 Å². The fourth-order valence-corrected chi connectivity index (χ4v) is 7.12. The normalized spacial score (nSPS) is 17.9. The van der Waals surface area contributed by atoms with Crippen LogP contribution < -0.4 is 10.1 Å². The second-order valence-corrected chi connectivity index (χ2v) is 12.6. The number of aromatic nitrogens is 1. The van der Waals surface area contributed by atoms with E-state index >= 15 is 0 Å². The van der Waals surface area contributed by atoms with Crippen LogP contribution in [0.1, 0.15) is 67.4 Å². The van der Waals surface area contributed by atoms with Gasteiger partial charge in [-0.05, 0) is 67.2 Å². The third-order valence-electron chi connectivity index (χ3n) is 8.62. The van der Waals surface area contributed by atoms with Gasteiger partial charge >= 0.3 is 12.1 Å². The lowest BCUT2D eigenvalue weighted by Crippen LogP contribution is -2.60. The Morgan fingerprint density at radius 2 is 1.83 bits per heavy atom. The molecule has 0 saturated carbocycles. The largest absolute Gasteiger partial charge is 0.490 e. The van der Waals surface area contributed by atoms with Crippen molar-refractivity contribution in [3.63, 3.8) is 0 Å². The number of ether oxygens (including phenoxy) is 2. The first-order valence-corrected chi connectivity index (χ1v) is 15.5. The number of hydrogen-bond acceptors (Lipinski definition) is 5. The minimum absolute atomic E-state index is 0.116. The first-order chi connectivity index (χ1) is 20.0. The summed E-state index contributed by atoms with van der Waals surface area (Å²) in [5, 5.41) is 4.04. The second kappa shape index (κ2) is 12.5. The zero-order valence-electron chi connectivity index (χ0n) is 24.3. The van der Waals surface area contributed by atoms with Crippen LogP contribution in [0.4, 0.5) is 13.2 Å². The number of likely N-dealkylation sites (tertiary alicyclic amines) is 1. The van der Waals surface area contributed by atoms with Crippen LogP contribution in [0.3, 0.4) is 0 Å². The van der Waals surface area contributed by atoms with Crippen LogP contribution in [0.5, 0.6) is 5.75 Å². The third-order valence-corrected chi connectivity index (χ3v) is 9.24. The van der Waals surface area contributed by atoms with E-state index in [-0.39, 0.29) is 6.10 Å². The van der Waals surface area contributed by atoms with Crippen LogP contribution in [0, 0.1) is 0 Å². The first-order valence-electron chi connectivity index (χ1n) is 14.7. The number of pyridine rings is 1. The molecule has 0 spiro atoms. The van der Waals surface area contributed by atoms with Gasteiger partial charge < -0.3 is 19.3 Å². The van der Waals surface area contributed by atoms with E-state index in [1.54, 1.807) is 12.1 Å². The Bertz CT molecular complexity index is 1450. The van der Waals surface area contributed by atoms with E-state index in [0.717, 1.165) is 74.9 Å². The Kier molecular flexibility index (Phi) is 9.16. The van der Waals surface area contributed by atoms with Gasteiger partial charge in [-0.2, -0.15) is 13.2 Å². The molecule has 10 heteroatoms. The number of esters is 1. The van der Waals surface area contributed by atoms with Gasteiger partial charge in [0.05, 0.1) is 59.2 Å². The molecule has 0 radical (unpaired) electrons. The van der Waals surface area contributed by atoms with Gasteiger partial charge in [-0.25, -0.2) is 9.78 Å². The van der Waals surface area contributed by atoms with Gasteiger partial charge in [-0.15, -0.1) is 0 Å². The maximum Gasteiger partial charge on any atom is 0.416 e. The van der Waals surface area contributed by atoms with Crippen LogP contribution in [0.25, 0.3) is 22.2 Å². The number of hydrogen-bond donors (Lipinski definition) is 1. The monoisotopic (exact) mass is 648 g/mol. The number of fused-ring (bicyclic) bond motifs is 1. The van der Waals surface area contributed by atoms with E-state index in [1.165, 1.54) is 13.2 Å². The standard InChI is InChI=1S/C32H38BrF3N3O3/c1-20(2)42-28-18-27-24(17-26(28)33)29(31(40)41-3)25(30(38-27)21-8-7-9-22(16-21)32(34,35)36)19-39(14-5-4-6-15-39)23-10-12-37-13-11-23/h7-9,16-18,20,23,37H,4-6,10-15,19H2,1-3H3/q+1. The van der Waals surface area contributed by atoms with Crippen molar-refractivity contribution in [3.8, 4) is 17.0 Å². The summed E-state index contributed by atoms with van der Waals surface area (Å²) in [4.78, 5) is 18.7. The quantitative estimate of drug-likeness (QED) is 0.212. The number of piperidine rings is 2. The summed E-state index contributed by atoms with van der Waals surface area (Å²) in [6.45, 7) is 8.07. The van der Waals surface area contributed by atoms with Gasteiger partial charge in [-0.1, -0.05) is 12.1 Å². The van der Waals surface area contributed by atoms with Gasteiger partial charge in [0.1, 0.15) is 12.3 Å². The summed E-state index contributed by atoms with van der Waals surface area (Å²) in [5.74, 6) is 0.00770. The van der Waals surface area contributed by atoms with Crippen molar-refractivity contribution in [1.29, 1.82) is 0 Å². The molecule has 1 N–H and O–H groups in total. The van der Waals surface area contributed by atoms with Crippen molar-refractivity contribution in [1.82, 2.24) is 10.3 Å². The number of halogens is 4. The number of alkyl halides is 3. The number of nitrogens with zero attached hydrogens (tertiary/aromatic N) is 2. The minimum Gasteiger partial charge on any atom is -0.490 e. The topological polar surface area (TPSA) is 60.5 Å². The lowest BCUT2D eigenvalue weighted by Gasteiger charge is -2.49. The Hall–Kier alpha value is -2.69. The van der Waals surface area contributed by atoms with Crippen molar-refractivity contribution in [2.45, 2.75) is 70.8 Å². The van der Waals surface area contributed by atoms with E-state index in [0.29, 0.717) is 56.1 Å². The van der Waals surface area contributed by atoms with Crippen LogP contribution in [0.2, 0.25) is 0 Å². The SMILES string of the molecule is COC(=O)c1c(C[N+]2(C3CCNCC3)CCCCC2)c(-c2cccc(C(F)(F)F)c2)nc2cc(OC(C)C)c(Br)cc12. The summed E-state index contributed by atoms with van der Waals surface area (Å²) in [5.41, 5.74) is 1.39. The molecule has 42 heavy (non-hydrogen) atoms. The molecule has 0 bridgehead atoms. The predicted molar refractivity (Wildman–Crippen MR) is 160 cm³/mol. The smallest absolute Gasteiger partial charge is 0.416 e. The van der Waals surface area contributed by atoms with E-state index in [4.69, 9.17) is 14.5 Å². The maximum atomic E-state index is 13.9. The molecule has 0 amide bonds. The summed E-state index contributed by atoms with van der Waals surface area (Å²) in [7, 11) is 1.34. The Morgan fingerprint density at radius 1 is 1.12 bits per heavy atom. The van der Waals surface area contributed by atoms with Crippen LogP contribution in [-0.4, -0.2) is 60.9 Å². The van der Waals surface area contributed by atoms with Crippen LogP contribution in [0.15, 0.2) is 40.9 Å². The molecule has 2 aliphatic heterocycles. The van der Waals surface area contributed by atoms with E-state index < -0.39 is 17.7 Å². The summed E-state index contributed by atoms with van der Waals surface area (Å²) in [6, 6.07) is 9.18. The Labute approximate surface area is 253 Å². The molecule has 0 atom stereocenters. The average Bonchev–Trinajstić information content (AvgIpc) is 2.97. The van der Waals surface area contributed by atoms with E-state index in [1.807, 2.05) is 19.9 Å². The number of nitrogens with one attached hydrogen (secondary N) is 1. The lowest BCUT2D eigenvalue weighted by molar-refractivity contribution is -0.968. The molecular weight excluding hydrogens is 611 g/mol. The number of carbonyl (C=O) groups is 1. The predicted octanol–water partition coefficient (Wildman–Crippen LogP) is 7.51. The highest BCUT2D eigenvalue weighted by molar-refractivity contribution is 9.10. The van der Waals surface area contributed by atoms with Crippen molar-refractivity contribution < 1.29 is 31.9 Å². The number of rotatable bonds is 7. The molecule has 226 valence electrons. The molecule has 6 nitrogen and oxygen atoms in total. The van der Waals surface area contributed by atoms with Crippen molar-refractivity contribution in [3.05, 3.63) is 57.6 Å². The molecule has 5 rings (SSSR count). The van der Waals surface area contributed by atoms with Gasteiger partial charge in [0.25, 0.3) is 0 Å². The highest BCUT2D eigenvalue weighted by atomic mass is 79.9. The summed E-state index contributed by atoms with van der Waals surface area (Å²) >= 11 is 3.60. The Morgan fingerprint density at radius 3 is 2.48 bits per heavy atom. The van der Waals surface area contributed by atoms with Crippen molar-refractivity contribution in [2.24, 2.45) is 0 Å². The second-order valence-electron chi connectivity index (χ2n) is 11.7. The third kappa shape index (κ3) is 6.31. The highest BCUT2D eigenvalue weighted by Crippen LogP contribution is 2.41. The summed E-state index contributed by atoms with van der Waals surface area (Å²) in [6.07, 6.45) is 0.671. The zero-order valence-corrected chi connectivity index (χ0v) is 25.9. The fraction of sp³-hybridized carbons (Fsp3) is 0.500. The van der Waals surface area contributed by atoms with E-state index in [2.05, 4.69) is 21.2 Å². The van der Waals surface area contributed by atoms with Gasteiger partial charge in [0.15, 0.2) is 0 Å². The summed E-state index contributed by atoms with van der Waals surface area (Å²) < 4.78 is 54.4. The molecular formula is C32H38BrF3N3O3+. The molecule has 2 saturated heterocycles. The first kappa shape index (κ1) is 30.8. The number of carbonyl (C=O) groups excluding carboxylic acids is 1. The molecule has 1 aromatic heterocycles. The van der Waals surface area contributed by atoms with E-state index in [9.17, 15) is 18.0 Å². The highest BCUT2D eigenvalue weighted by Gasteiger charge is 2.41. The zero-order chi connectivity index (χ0) is 30.1. The molecule has 0 unspecified atom stereocenters. The average molecular weight is 650 g/mol. The molecule has 2 fully saturated rings. The number of benzene rings is 2. The fourth-order valence-electron chi connectivity index (χ4n) is 6.68. The number of quaternary nitrogens is 1.